The lowest BCUT2D eigenvalue weighted by atomic mass is 10.0. The molecule has 0 aliphatic carbocycles. The second-order valence-electron chi connectivity index (χ2n) is 4.67. The van der Waals surface area contributed by atoms with Gasteiger partial charge in [-0.2, -0.15) is 0 Å². The van der Waals surface area contributed by atoms with Crippen LogP contribution in [0.15, 0.2) is 54.3 Å². The average Bonchev–Trinajstić information content (AvgIpc) is 3.16. The van der Waals surface area contributed by atoms with Crippen LogP contribution in [0.25, 0.3) is 32.7 Å². The van der Waals surface area contributed by atoms with Crippen LogP contribution < -0.4 is 0 Å². The Bertz CT molecular complexity index is 909. The number of nitrogens with one attached hydrogen (secondary N) is 1. The molecule has 1 N–H and O–H groups in total. The topological polar surface area (TPSA) is 41.6 Å². The number of rotatable bonds is 2. The van der Waals surface area contributed by atoms with Gasteiger partial charge in [0.05, 0.1) is 33.4 Å². The second kappa shape index (κ2) is 4.79. The summed E-state index contributed by atoms with van der Waals surface area (Å²) in [5.74, 6) is -0.248. The quantitative estimate of drug-likeness (QED) is 0.592. The van der Waals surface area contributed by atoms with E-state index in [2.05, 4.69) is 21.0 Å². The summed E-state index contributed by atoms with van der Waals surface area (Å²) >= 11 is 1.61. The number of nitrogens with zero attached hydrogens (tertiary/aromatic N) is 2. The first-order chi connectivity index (χ1) is 10.3. The first-order valence-corrected chi connectivity index (χ1v) is 7.32. The minimum absolute atomic E-state index is 0.248. The van der Waals surface area contributed by atoms with Crippen LogP contribution in [-0.2, 0) is 0 Å². The molecule has 0 saturated heterocycles. The molecular formula is C16H10FN3S. The maximum atomic E-state index is 13.1. The summed E-state index contributed by atoms with van der Waals surface area (Å²) in [5, 5.41) is 0. The van der Waals surface area contributed by atoms with Crippen molar-refractivity contribution in [3.8, 4) is 22.5 Å². The summed E-state index contributed by atoms with van der Waals surface area (Å²) in [4.78, 5) is 11.8. The highest BCUT2D eigenvalue weighted by Crippen LogP contribution is 2.31. The van der Waals surface area contributed by atoms with Gasteiger partial charge >= 0.3 is 0 Å². The van der Waals surface area contributed by atoms with Gasteiger partial charge in [-0.25, -0.2) is 14.4 Å². The van der Waals surface area contributed by atoms with Crippen LogP contribution in [-0.4, -0.2) is 15.0 Å². The molecule has 21 heavy (non-hydrogen) atoms. The molecule has 2 heterocycles. The van der Waals surface area contributed by atoms with E-state index in [-0.39, 0.29) is 5.82 Å². The molecule has 0 aliphatic heterocycles. The van der Waals surface area contributed by atoms with Crippen molar-refractivity contribution >= 4 is 21.6 Å². The molecule has 0 amide bonds. The van der Waals surface area contributed by atoms with E-state index >= 15 is 0 Å². The number of hydrogen-bond donors (Lipinski definition) is 1. The van der Waals surface area contributed by atoms with E-state index in [0.29, 0.717) is 0 Å². The third-order valence-corrected chi connectivity index (χ3v) is 4.17. The van der Waals surface area contributed by atoms with Crippen LogP contribution in [0.3, 0.4) is 0 Å². The number of imidazole rings is 1. The van der Waals surface area contributed by atoms with Gasteiger partial charge in [-0.05, 0) is 36.4 Å². The van der Waals surface area contributed by atoms with Crippen LogP contribution >= 0.6 is 11.3 Å². The monoisotopic (exact) mass is 295 g/mol. The predicted octanol–water partition coefficient (Wildman–Crippen LogP) is 4.49. The van der Waals surface area contributed by atoms with Gasteiger partial charge in [0.1, 0.15) is 5.82 Å². The van der Waals surface area contributed by atoms with Gasteiger partial charge in [-0.15, -0.1) is 11.3 Å². The molecule has 0 radical (unpaired) electrons. The van der Waals surface area contributed by atoms with E-state index in [1.54, 1.807) is 29.8 Å². The Morgan fingerprint density at radius 2 is 1.76 bits per heavy atom. The lowest BCUT2D eigenvalue weighted by Crippen LogP contribution is -1.84. The second-order valence-corrected chi connectivity index (χ2v) is 5.55. The van der Waals surface area contributed by atoms with Crippen molar-refractivity contribution < 1.29 is 4.39 Å². The van der Waals surface area contributed by atoms with Gasteiger partial charge < -0.3 is 4.98 Å². The number of aromatic nitrogens is 3. The summed E-state index contributed by atoms with van der Waals surface area (Å²) in [5.41, 5.74) is 6.51. The molecule has 0 saturated carbocycles. The summed E-state index contributed by atoms with van der Waals surface area (Å²) in [6.45, 7) is 0. The third-order valence-electron chi connectivity index (χ3n) is 3.38. The van der Waals surface area contributed by atoms with E-state index in [1.807, 2.05) is 17.6 Å². The molecule has 0 atom stereocenters. The van der Waals surface area contributed by atoms with Gasteiger partial charge in [-0.3, -0.25) is 0 Å². The Labute approximate surface area is 124 Å². The molecule has 0 spiro atoms. The van der Waals surface area contributed by atoms with Crippen LogP contribution in [0.5, 0.6) is 0 Å². The van der Waals surface area contributed by atoms with Crippen molar-refractivity contribution in [3.63, 3.8) is 0 Å². The Morgan fingerprint density at radius 1 is 0.952 bits per heavy atom. The van der Waals surface area contributed by atoms with Crippen LogP contribution in [0, 0.1) is 5.82 Å². The largest absolute Gasteiger partial charge is 0.344 e. The lowest BCUT2D eigenvalue weighted by Gasteiger charge is -2.03. The number of fused-ring (bicyclic) bond motifs is 1. The van der Waals surface area contributed by atoms with Gasteiger partial charge in [0.15, 0.2) is 0 Å². The molecule has 3 nitrogen and oxygen atoms in total. The van der Waals surface area contributed by atoms with E-state index < -0.39 is 0 Å². The normalized spacial score (nSPS) is 11.1. The number of hydrogen-bond acceptors (Lipinski definition) is 3. The van der Waals surface area contributed by atoms with Crippen molar-refractivity contribution in [2.75, 3.05) is 0 Å². The summed E-state index contributed by atoms with van der Waals surface area (Å²) in [6.07, 6.45) is 1.66. The highest BCUT2D eigenvalue weighted by Gasteiger charge is 2.11. The average molecular weight is 295 g/mol. The minimum atomic E-state index is -0.248. The minimum Gasteiger partial charge on any atom is -0.344 e. The maximum Gasteiger partial charge on any atom is 0.123 e. The van der Waals surface area contributed by atoms with E-state index in [0.717, 1.165) is 32.7 Å². The number of halogens is 1. The van der Waals surface area contributed by atoms with Gasteiger partial charge in [-0.1, -0.05) is 6.07 Å². The number of benzene rings is 2. The third kappa shape index (κ3) is 2.11. The molecule has 5 heteroatoms. The van der Waals surface area contributed by atoms with Crippen molar-refractivity contribution in [3.05, 3.63) is 60.1 Å². The van der Waals surface area contributed by atoms with Crippen LogP contribution in [0.4, 0.5) is 4.39 Å². The van der Waals surface area contributed by atoms with Crippen molar-refractivity contribution in [1.29, 1.82) is 0 Å². The fourth-order valence-electron chi connectivity index (χ4n) is 2.35. The first-order valence-electron chi connectivity index (χ1n) is 6.44. The van der Waals surface area contributed by atoms with Crippen LogP contribution in [0.2, 0.25) is 0 Å². The molecule has 2 aromatic carbocycles. The zero-order valence-electron chi connectivity index (χ0n) is 10.9. The van der Waals surface area contributed by atoms with E-state index in [9.17, 15) is 4.39 Å². The molecule has 102 valence electrons. The molecule has 0 aliphatic rings. The van der Waals surface area contributed by atoms with Crippen molar-refractivity contribution in [1.82, 2.24) is 15.0 Å². The molecule has 0 unspecified atom stereocenters. The van der Waals surface area contributed by atoms with Crippen molar-refractivity contribution in [2.24, 2.45) is 0 Å². The number of aromatic amines is 1. The summed E-state index contributed by atoms with van der Waals surface area (Å²) in [7, 11) is 0. The number of H-pyrrole nitrogens is 1. The molecular weight excluding hydrogens is 285 g/mol. The Morgan fingerprint density at radius 3 is 2.62 bits per heavy atom. The maximum absolute atomic E-state index is 13.1. The zero-order valence-corrected chi connectivity index (χ0v) is 11.7. The fraction of sp³-hybridized carbons (Fsp3) is 0. The van der Waals surface area contributed by atoms with Gasteiger partial charge in [0, 0.05) is 11.1 Å². The first kappa shape index (κ1) is 12.2. The molecule has 2 aromatic heterocycles. The predicted molar refractivity (Wildman–Crippen MR) is 82.6 cm³/mol. The highest BCUT2D eigenvalue weighted by molar-refractivity contribution is 7.16. The summed E-state index contributed by atoms with van der Waals surface area (Å²) in [6, 6.07) is 12.5. The summed E-state index contributed by atoms with van der Waals surface area (Å²) < 4.78 is 14.2. The highest BCUT2D eigenvalue weighted by atomic mass is 32.1. The Balaban J connectivity index is 1.85. The molecule has 4 rings (SSSR count). The lowest BCUT2D eigenvalue weighted by molar-refractivity contribution is 0.628. The smallest absolute Gasteiger partial charge is 0.123 e. The Hall–Kier alpha value is -2.53. The van der Waals surface area contributed by atoms with E-state index in [4.69, 9.17) is 0 Å². The van der Waals surface area contributed by atoms with Gasteiger partial charge in [0.2, 0.25) is 0 Å². The fourth-order valence-corrected chi connectivity index (χ4v) is 3.07. The van der Waals surface area contributed by atoms with Crippen molar-refractivity contribution in [2.45, 2.75) is 0 Å². The zero-order chi connectivity index (χ0) is 14.2. The molecule has 0 fully saturated rings. The molecule has 4 aromatic rings. The molecule has 0 bridgehead atoms. The Kier molecular flexibility index (Phi) is 2.79. The number of thiazole rings is 1. The standard InChI is InChI=1S/C16H10FN3S/c17-12-4-1-10(2-5-12)15-16(19-8-18-15)11-3-6-13-14(7-11)21-9-20-13/h1-9H,(H,18,19). The van der Waals surface area contributed by atoms with Crippen LogP contribution in [0.1, 0.15) is 0 Å². The SMILES string of the molecule is Fc1ccc(-c2nc[nH]c2-c2ccc3ncsc3c2)cc1. The van der Waals surface area contributed by atoms with E-state index in [1.165, 1.54) is 12.1 Å². The van der Waals surface area contributed by atoms with Gasteiger partial charge in [0.25, 0.3) is 0 Å².